The smallest absolute Gasteiger partial charge is 0.264 e. The molecule has 2 saturated heterocycles. The lowest BCUT2D eigenvalue weighted by Crippen LogP contribution is -2.54. The number of rotatable bonds is 5. The molecule has 2 aromatic rings. The van der Waals surface area contributed by atoms with Crippen LogP contribution in [0.5, 0.6) is 0 Å². The van der Waals surface area contributed by atoms with Gasteiger partial charge in [0.2, 0.25) is 11.8 Å². The zero-order valence-corrected chi connectivity index (χ0v) is 19.8. The summed E-state index contributed by atoms with van der Waals surface area (Å²) in [5, 5.41) is 4.95. The van der Waals surface area contributed by atoms with E-state index in [2.05, 4.69) is 10.6 Å². The summed E-state index contributed by atoms with van der Waals surface area (Å²) >= 11 is 0. The highest BCUT2D eigenvalue weighted by molar-refractivity contribution is 6.25. The summed E-state index contributed by atoms with van der Waals surface area (Å²) in [6.07, 6.45) is 1.53. The van der Waals surface area contributed by atoms with Gasteiger partial charge in [0.15, 0.2) is 11.6 Å². The molecule has 3 heterocycles. The maximum absolute atomic E-state index is 13.4. The van der Waals surface area contributed by atoms with E-state index < -0.39 is 47.2 Å². The molecule has 9 nitrogen and oxygen atoms in total. The van der Waals surface area contributed by atoms with Gasteiger partial charge < -0.3 is 10.2 Å². The van der Waals surface area contributed by atoms with Crippen molar-refractivity contribution in [2.75, 3.05) is 24.5 Å². The number of carbonyl (C=O) groups excluding carboxylic acids is 5. The van der Waals surface area contributed by atoms with E-state index in [1.54, 1.807) is 18.2 Å². The fourth-order valence-corrected chi connectivity index (χ4v) is 5.12. The molecule has 0 aliphatic carbocycles. The quantitative estimate of drug-likeness (QED) is 0.595. The zero-order valence-electron chi connectivity index (χ0n) is 19.8. The number of anilines is 1. The third kappa shape index (κ3) is 4.56. The van der Waals surface area contributed by atoms with Crippen molar-refractivity contribution in [2.45, 2.75) is 31.7 Å². The van der Waals surface area contributed by atoms with Gasteiger partial charge in [-0.15, -0.1) is 0 Å². The summed E-state index contributed by atoms with van der Waals surface area (Å²) < 4.78 is 26.5. The summed E-state index contributed by atoms with van der Waals surface area (Å²) in [6.45, 7) is 1.50. The summed E-state index contributed by atoms with van der Waals surface area (Å²) in [6, 6.07) is 6.99. The van der Waals surface area contributed by atoms with Gasteiger partial charge >= 0.3 is 0 Å². The number of nitrogens with one attached hydrogen (secondary N) is 2. The summed E-state index contributed by atoms with van der Waals surface area (Å²) in [5.41, 5.74) is 1.13. The second kappa shape index (κ2) is 9.72. The van der Waals surface area contributed by atoms with E-state index in [1.165, 1.54) is 6.07 Å². The molecule has 2 fully saturated rings. The lowest BCUT2D eigenvalue weighted by molar-refractivity contribution is -0.136. The van der Waals surface area contributed by atoms with Crippen LogP contribution in [-0.4, -0.2) is 60.1 Å². The molecule has 37 heavy (non-hydrogen) atoms. The minimum atomic E-state index is -1.08. The van der Waals surface area contributed by atoms with Crippen LogP contribution in [0.15, 0.2) is 36.4 Å². The summed E-state index contributed by atoms with van der Waals surface area (Å²) in [7, 11) is 0. The van der Waals surface area contributed by atoms with Crippen molar-refractivity contribution in [1.82, 2.24) is 15.5 Å². The normalized spacial score (nSPS) is 20.2. The van der Waals surface area contributed by atoms with Gasteiger partial charge in [0.05, 0.1) is 16.8 Å². The van der Waals surface area contributed by atoms with Crippen LogP contribution in [0, 0.1) is 17.6 Å². The Morgan fingerprint density at radius 3 is 2.43 bits per heavy atom. The Morgan fingerprint density at radius 1 is 0.973 bits per heavy atom. The second-order valence-electron chi connectivity index (χ2n) is 9.42. The highest BCUT2D eigenvalue weighted by Gasteiger charge is 2.46. The lowest BCUT2D eigenvalue weighted by Gasteiger charge is -2.34. The first-order chi connectivity index (χ1) is 17.7. The zero-order chi connectivity index (χ0) is 26.3. The molecule has 3 aliphatic heterocycles. The Kier molecular flexibility index (Phi) is 6.45. The van der Waals surface area contributed by atoms with E-state index in [0.717, 1.165) is 17.0 Å². The predicted octanol–water partition coefficient (Wildman–Crippen LogP) is 2.01. The van der Waals surface area contributed by atoms with Crippen molar-refractivity contribution in [1.29, 1.82) is 0 Å². The first-order valence-corrected chi connectivity index (χ1v) is 12.1. The second-order valence-corrected chi connectivity index (χ2v) is 9.42. The maximum atomic E-state index is 13.4. The Balaban J connectivity index is 1.23. The van der Waals surface area contributed by atoms with E-state index in [1.807, 2.05) is 4.90 Å². The number of fused-ring (bicyclic) bond motifs is 1. The van der Waals surface area contributed by atoms with Crippen LogP contribution in [0.2, 0.25) is 0 Å². The number of benzene rings is 2. The van der Waals surface area contributed by atoms with Crippen molar-refractivity contribution in [2.24, 2.45) is 5.92 Å². The molecule has 0 spiro atoms. The van der Waals surface area contributed by atoms with Gasteiger partial charge in [0, 0.05) is 31.6 Å². The molecule has 2 N–H and O–H groups in total. The number of piperidine rings is 2. The SMILES string of the molecule is O=C1CCC(N2C(=O)c3cccc(N4CCC(CNC(=O)c5ccc(F)c(F)c5)CC4)c3C2=O)C(=O)N1. The highest BCUT2D eigenvalue weighted by Crippen LogP contribution is 2.35. The fraction of sp³-hybridized carbons (Fsp3) is 0.346. The predicted molar refractivity (Wildman–Crippen MR) is 127 cm³/mol. The number of amides is 5. The molecular formula is C26H24F2N4O5. The van der Waals surface area contributed by atoms with Gasteiger partial charge in [0.25, 0.3) is 17.7 Å². The standard InChI is InChI=1S/C26H24F2N4O5/c27-17-5-4-15(12-18(17)28)23(34)29-13-14-8-10-31(11-9-14)19-3-1-2-16-22(19)26(37)32(25(16)36)20-6-7-21(33)30-24(20)35/h1-5,12,14,20H,6-11,13H2,(H,29,34)(H,30,33,35). The topological polar surface area (TPSA) is 116 Å². The molecule has 0 aromatic heterocycles. The molecule has 0 saturated carbocycles. The van der Waals surface area contributed by atoms with Crippen molar-refractivity contribution in [3.05, 3.63) is 64.7 Å². The van der Waals surface area contributed by atoms with E-state index >= 15 is 0 Å². The van der Waals surface area contributed by atoms with Crippen molar-refractivity contribution < 1.29 is 32.8 Å². The molecule has 192 valence electrons. The fourth-order valence-electron chi connectivity index (χ4n) is 5.12. The minimum absolute atomic E-state index is 0.0416. The number of nitrogens with zero attached hydrogens (tertiary/aromatic N) is 2. The average molecular weight is 510 g/mol. The monoisotopic (exact) mass is 510 g/mol. The first-order valence-electron chi connectivity index (χ1n) is 12.1. The maximum Gasteiger partial charge on any atom is 0.264 e. The Bertz CT molecular complexity index is 1320. The number of halogens is 2. The minimum Gasteiger partial charge on any atom is -0.371 e. The largest absolute Gasteiger partial charge is 0.371 e. The first kappa shape index (κ1) is 24.5. The molecule has 3 aliphatic rings. The van der Waals surface area contributed by atoms with Crippen molar-refractivity contribution >= 4 is 35.2 Å². The van der Waals surface area contributed by atoms with Crippen LogP contribution in [0.1, 0.15) is 56.8 Å². The molecule has 2 aromatic carbocycles. The molecule has 11 heteroatoms. The van der Waals surface area contributed by atoms with Gasteiger partial charge in [0.1, 0.15) is 6.04 Å². The molecular weight excluding hydrogens is 486 g/mol. The van der Waals surface area contributed by atoms with Gasteiger partial charge in [-0.05, 0) is 55.5 Å². The van der Waals surface area contributed by atoms with Gasteiger partial charge in [-0.1, -0.05) is 6.07 Å². The third-order valence-corrected chi connectivity index (χ3v) is 7.13. The summed E-state index contributed by atoms with van der Waals surface area (Å²) in [4.78, 5) is 65.5. The van der Waals surface area contributed by atoms with Crippen LogP contribution in [0.25, 0.3) is 0 Å². The molecule has 0 bridgehead atoms. The number of carbonyl (C=O) groups is 5. The van der Waals surface area contributed by atoms with Gasteiger partial charge in [-0.3, -0.25) is 34.2 Å². The number of imide groups is 2. The lowest BCUT2D eigenvalue weighted by atomic mass is 9.95. The Labute approximate surface area is 210 Å². The van der Waals surface area contributed by atoms with E-state index in [9.17, 15) is 32.8 Å². The van der Waals surface area contributed by atoms with Crippen LogP contribution in [0.4, 0.5) is 14.5 Å². The highest BCUT2D eigenvalue weighted by atomic mass is 19.2. The van der Waals surface area contributed by atoms with E-state index in [0.29, 0.717) is 38.2 Å². The van der Waals surface area contributed by atoms with Crippen molar-refractivity contribution in [3.63, 3.8) is 0 Å². The van der Waals surface area contributed by atoms with E-state index in [4.69, 9.17) is 0 Å². The van der Waals surface area contributed by atoms with Crippen LogP contribution in [-0.2, 0) is 9.59 Å². The number of hydrogen-bond acceptors (Lipinski definition) is 6. The third-order valence-electron chi connectivity index (χ3n) is 7.13. The molecule has 0 radical (unpaired) electrons. The Hall–Kier alpha value is -4.15. The molecule has 5 amide bonds. The molecule has 1 atom stereocenters. The van der Waals surface area contributed by atoms with Crippen LogP contribution < -0.4 is 15.5 Å². The number of hydrogen-bond donors (Lipinski definition) is 2. The van der Waals surface area contributed by atoms with Gasteiger partial charge in [-0.25, -0.2) is 8.78 Å². The van der Waals surface area contributed by atoms with Crippen LogP contribution in [0.3, 0.4) is 0 Å². The van der Waals surface area contributed by atoms with Crippen molar-refractivity contribution in [3.8, 4) is 0 Å². The molecule has 1 unspecified atom stereocenters. The molecule has 5 rings (SSSR count). The average Bonchev–Trinajstić information content (AvgIpc) is 3.14. The van der Waals surface area contributed by atoms with Crippen LogP contribution >= 0.6 is 0 Å². The Morgan fingerprint density at radius 2 is 1.73 bits per heavy atom. The van der Waals surface area contributed by atoms with Gasteiger partial charge in [-0.2, -0.15) is 0 Å². The van der Waals surface area contributed by atoms with E-state index in [-0.39, 0.29) is 35.4 Å². The summed E-state index contributed by atoms with van der Waals surface area (Å²) in [5.74, 6) is -4.63.